The average molecular weight is 342 g/mol. The van der Waals surface area contributed by atoms with Crippen LogP contribution in [0.4, 0.5) is 0 Å². The molecule has 0 amide bonds. The summed E-state index contributed by atoms with van der Waals surface area (Å²) in [5.74, 6) is 0. The molecule has 1 heterocycles. The van der Waals surface area contributed by atoms with Gasteiger partial charge in [-0.2, -0.15) is 0 Å². The second kappa shape index (κ2) is 10.6. The normalized spacial score (nSPS) is 15.5. The van der Waals surface area contributed by atoms with Gasteiger partial charge in [0.05, 0.1) is 12.7 Å². The smallest absolute Gasteiger partial charge is 0.293 e. The van der Waals surface area contributed by atoms with Crippen LogP contribution in [0.3, 0.4) is 0 Å². The molecule has 0 bridgehead atoms. The largest absolute Gasteiger partial charge is 0.462 e. The molecular formula is C18H28ClNO3. The molecule has 130 valence electrons. The molecule has 1 fully saturated rings. The molecule has 0 aliphatic carbocycles. The zero-order valence-corrected chi connectivity index (χ0v) is 15.1. The monoisotopic (exact) mass is 341 g/mol. The summed E-state index contributed by atoms with van der Waals surface area (Å²) >= 11 is 5.83. The molecule has 2 rings (SSSR count). The zero-order valence-electron chi connectivity index (χ0n) is 14.3. The number of nitrogens with one attached hydrogen (secondary N) is 1. The summed E-state index contributed by atoms with van der Waals surface area (Å²) in [5, 5.41) is 4.13. The molecule has 1 aliphatic heterocycles. The molecular weight excluding hydrogens is 314 g/mol. The zero-order chi connectivity index (χ0) is 17.1. The van der Waals surface area contributed by atoms with Gasteiger partial charge in [0.2, 0.25) is 0 Å². The molecule has 0 spiro atoms. The Hall–Kier alpha value is -1.10. The van der Waals surface area contributed by atoms with Crippen molar-refractivity contribution in [2.24, 2.45) is 0 Å². The minimum atomic E-state index is -0.318. The quantitative estimate of drug-likeness (QED) is 0.831. The van der Waals surface area contributed by atoms with Crippen LogP contribution in [-0.2, 0) is 20.7 Å². The maximum Gasteiger partial charge on any atom is 0.293 e. The third-order valence-electron chi connectivity index (χ3n) is 3.35. The van der Waals surface area contributed by atoms with Gasteiger partial charge in [0, 0.05) is 5.02 Å². The molecule has 23 heavy (non-hydrogen) atoms. The van der Waals surface area contributed by atoms with E-state index in [2.05, 4.69) is 22.2 Å². The van der Waals surface area contributed by atoms with Crippen LogP contribution in [-0.4, -0.2) is 37.9 Å². The Balaban J connectivity index is 0.000000322. The van der Waals surface area contributed by atoms with Gasteiger partial charge in [-0.1, -0.05) is 23.7 Å². The molecule has 0 saturated carbocycles. The Labute approximate surface area is 144 Å². The first-order chi connectivity index (χ1) is 10.9. The topological polar surface area (TPSA) is 47.6 Å². The van der Waals surface area contributed by atoms with Gasteiger partial charge in [0.25, 0.3) is 6.47 Å². The van der Waals surface area contributed by atoms with Crippen LogP contribution in [0.15, 0.2) is 24.3 Å². The number of hydrogen-bond donors (Lipinski definition) is 1. The van der Waals surface area contributed by atoms with E-state index in [0.29, 0.717) is 12.6 Å². The van der Waals surface area contributed by atoms with E-state index in [1.165, 1.54) is 5.56 Å². The maximum atomic E-state index is 9.60. The second-order valence-corrected chi connectivity index (χ2v) is 6.96. The molecule has 1 aliphatic rings. The highest BCUT2D eigenvalue weighted by molar-refractivity contribution is 6.30. The SMILES string of the molecule is CC(C)(C)OC=O.Clc1ccc(CCOC2CCNCC2)cc1. The summed E-state index contributed by atoms with van der Waals surface area (Å²) in [4.78, 5) is 9.60. The van der Waals surface area contributed by atoms with Crippen LogP contribution in [0.25, 0.3) is 0 Å². The summed E-state index contributed by atoms with van der Waals surface area (Å²) in [6.07, 6.45) is 3.70. The van der Waals surface area contributed by atoms with Gasteiger partial charge < -0.3 is 14.8 Å². The predicted octanol–water partition coefficient (Wildman–Crippen LogP) is 3.61. The lowest BCUT2D eigenvalue weighted by Crippen LogP contribution is -2.32. The first-order valence-corrected chi connectivity index (χ1v) is 8.47. The molecule has 1 N–H and O–H groups in total. The number of rotatable bonds is 5. The van der Waals surface area contributed by atoms with Crippen molar-refractivity contribution in [3.05, 3.63) is 34.9 Å². The van der Waals surface area contributed by atoms with E-state index < -0.39 is 0 Å². The van der Waals surface area contributed by atoms with Gasteiger partial charge in [-0.15, -0.1) is 0 Å². The van der Waals surface area contributed by atoms with Gasteiger partial charge in [0.1, 0.15) is 5.60 Å². The van der Waals surface area contributed by atoms with Gasteiger partial charge >= 0.3 is 0 Å². The molecule has 4 nitrogen and oxygen atoms in total. The number of benzene rings is 1. The molecule has 0 unspecified atom stereocenters. The van der Waals surface area contributed by atoms with E-state index in [1.807, 2.05) is 32.9 Å². The summed E-state index contributed by atoms with van der Waals surface area (Å²) in [6, 6.07) is 7.99. The van der Waals surface area contributed by atoms with E-state index in [1.54, 1.807) is 0 Å². The van der Waals surface area contributed by atoms with Crippen molar-refractivity contribution in [2.45, 2.75) is 51.7 Å². The number of halogens is 1. The van der Waals surface area contributed by atoms with Crippen molar-refractivity contribution < 1.29 is 14.3 Å². The van der Waals surface area contributed by atoms with Crippen molar-refractivity contribution in [3.63, 3.8) is 0 Å². The second-order valence-electron chi connectivity index (χ2n) is 6.52. The fourth-order valence-corrected chi connectivity index (χ4v) is 2.23. The summed E-state index contributed by atoms with van der Waals surface area (Å²) in [5.41, 5.74) is 0.972. The minimum Gasteiger partial charge on any atom is -0.462 e. The van der Waals surface area contributed by atoms with Crippen molar-refractivity contribution in [2.75, 3.05) is 19.7 Å². The fourth-order valence-electron chi connectivity index (χ4n) is 2.10. The van der Waals surface area contributed by atoms with Crippen LogP contribution < -0.4 is 5.32 Å². The number of carbonyl (C=O) groups is 1. The standard InChI is InChI=1S/C13H18ClNO.C5H10O2/c14-12-3-1-11(2-4-12)7-10-16-13-5-8-15-9-6-13;1-5(2,3)7-4-6/h1-4,13,15H,5-10H2;4H,1-3H3. The molecule has 5 heteroatoms. The van der Waals surface area contributed by atoms with E-state index in [-0.39, 0.29) is 5.60 Å². The average Bonchev–Trinajstić information content (AvgIpc) is 2.50. The number of hydrogen-bond acceptors (Lipinski definition) is 4. The van der Waals surface area contributed by atoms with Gasteiger partial charge in [-0.05, 0) is 70.8 Å². The first-order valence-electron chi connectivity index (χ1n) is 8.09. The lowest BCUT2D eigenvalue weighted by Gasteiger charge is -2.22. The van der Waals surface area contributed by atoms with Crippen LogP contribution in [0.5, 0.6) is 0 Å². The Bertz CT molecular complexity index is 437. The third kappa shape index (κ3) is 10.3. The van der Waals surface area contributed by atoms with Crippen LogP contribution in [0.1, 0.15) is 39.2 Å². The molecule has 1 aromatic rings. The highest BCUT2D eigenvalue weighted by Crippen LogP contribution is 2.11. The van der Waals surface area contributed by atoms with E-state index in [9.17, 15) is 4.79 Å². The van der Waals surface area contributed by atoms with Gasteiger partial charge in [-0.3, -0.25) is 4.79 Å². The van der Waals surface area contributed by atoms with Crippen molar-refractivity contribution in [3.8, 4) is 0 Å². The van der Waals surface area contributed by atoms with E-state index in [0.717, 1.165) is 44.0 Å². The van der Waals surface area contributed by atoms with Crippen LogP contribution >= 0.6 is 11.6 Å². The maximum absolute atomic E-state index is 9.60. The van der Waals surface area contributed by atoms with E-state index >= 15 is 0 Å². The lowest BCUT2D eigenvalue weighted by atomic mass is 10.1. The molecule has 0 atom stereocenters. The Kier molecular flexibility index (Phi) is 9.22. The highest BCUT2D eigenvalue weighted by atomic mass is 35.5. The first kappa shape index (κ1) is 19.9. The molecule has 1 saturated heterocycles. The lowest BCUT2D eigenvalue weighted by molar-refractivity contribution is -0.138. The molecule has 0 radical (unpaired) electrons. The Morgan fingerprint density at radius 2 is 1.83 bits per heavy atom. The van der Waals surface area contributed by atoms with Crippen LogP contribution in [0.2, 0.25) is 5.02 Å². The fraction of sp³-hybridized carbons (Fsp3) is 0.611. The Morgan fingerprint density at radius 3 is 2.30 bits per heavy atom. The van der Waals surface area contributed by atoms with E-state index in [4.69, 9.17) is 16.3 Å². The Morgan fingerprint density at radius 1 is 1.22 bits per heavy atom. The van der Waals surface area contributed by atoms with Gasteiger partial charge in [-0.25, -0.2) is 0 Å². The summed E-state index contributed by atoms with van der Waals surface area (Å²) < 4.78 is 10.4. The van der Waals surface area contributed by atoms with Crippen molar-refractivity contribution >= 4 is 18.1 Å². The van der Waals surface area contributed by atoms with Crippen LogP contribution in [0, 0.1) is 0 Å². The third-order valence-corrected chi connectivity index (χ3v) is 3.60. The van der Waals surface area contributed by atoms with Crippen molar-refractivity contribution in [1.29, 1.82) is 0 Å². The van der Waals surface area contributed by atoms with Gasteiger partial charge in [0.15, 0.2) is 0 Å². The number of ether oxygens (including phenoxy) is 2. The summed E-state index contributed by atoms with van der Waals surface area (Å²) in [7, 11) is 0. The summed E-state index contributed by atoms with van der Waals surface area (Å²) in [6.45, 7) is 8.91. The number of piperidine rings is 1. The molecule has 0 aromatic heterocycles. The molecule has 1 aromatic carbocycles. The number of carbonyl (C=O) groups excluding carboxylic acids is 1. The highest BCUT2D eigenvalue weighted by Gasteiger charge is 2.12. The predicted molar refractivity (Wildman–Crippen MR) is 93.9 cm³/mol. The minimum absolute atomic E-state index is 0.318. The van der Waals surface area contributed by atoms with Crippen molar-refractivity contribution in [1.82, 2.24) is 5.32 Å².